The Kier molecular flexibility index (Phi) is 4.16. The number of carbonyl (C=O) groups excluding carboxylic acids is 2. The van der Waals surface area contributed by atoms with Crippen LogP contribution >= 0.6 is 11.3 Å². The molecule has 0 fully saturated rings. The first kappa shape index (κ1) is 14.9. The fourth-order valence-corrected chi connectivity index (χ4v) is 2.65. The molecule has 2 amide bonds. The third-order valence-corrected chi connectivity index (χ3v) is 3.97. The summed E-state index contributed by atoms with van der Waals surface area (Å²) in [4.78, 5) is 27.4. The van der Waals surface area contributed by atoms with Crippen molar-refractivity contribution in [2.24, 2.45) is 5.73 Å². The molecule has 0 spiro atoms. The van der Waals surface area contributed by atoms with E-state index < -0.39 is 5.91 Å². The van der Waals surface area contributed by atoms with Gasteiger partial charge in [0.15, 0.2) is 5.13 Å². The average Bonchev–Trinajstić information content (AvgIpc) is 3.08. The lowest BCUT2D eigenvalue weighted by molar-refractivity contribution is 0.0997. The molecule has 0 radical (unpaired) electrons. The Labute approximate surface area is 136 Å². The van der Waals surface area contributed by atoms with Crippen LogP contribution in [0.1, 0.15) is 20.7 Å². The molecule has 0 saturated heterocycles. The van der Waals surface area contributed by atoms with Crippen molar-refractivity contribution in [1.29, 1.82) is 0 Å². The smallest absolute Gasteiger partial charge is 0.257 e. The van der Waals surface area contributed by atoms with E-state index in [1.54, 1.807) is 48.0 Å². The van der Waals surface area contributed by atoms with Gasteiger partial charge in [-0.2, -0.15) is 0 Å². The minimum absolute atomic E-state index is 0.212. The van der Waals surface area contributed by atoms with Crippen LogP contribution in [0, 0.1) is 0 Å². The quantitative estimate of drug-likeness (QED) is 0.773. The number of nitrogens with two attached hydrogens (primary N) is 1. The maximum absolute atomic E-state index is 12.2. The first-order chi connectivity index (χ1) is 11.1. The Morgan fingerprint density at radius 2 is 1.78 bits per heavy atom. The standard InChI is InChI=1S/C17H13N3O2S/c18-15(21)12-6-4-11(5-7-12)13-2-1-3-14(10-13)16(22)20-17-19-8-9-23-17/h1-10H,(H2,18,21)(H,19,20,22). The van der Waals surface area contributed by atoms with Crippen LogP contribution in [0.25, 0.3) is 11.1 Å². The molecule has 0 aliphatic carbocycles. The molecule has 3 aromatic rings. The predicted molar refractivity (Wildman–Crippen MR) is 90.5 cm³/mol. The summed E-state index contributed by atoms with van der Waals surface area (Å²) < 4.78 is 0. The SMILES string of the molecule is NC(=O)c1ccc(-c2cccc(C(=O)Nc3nccs3)c2)cc1. The molecular weight excluding hydrogens is 310 g/mol. The highest BCUT2D eigenvalue weighted by Gasteiger charge is 2.09. The zero-order valence-corrected chi connectivity index (χ0v) is 12.8. The predicted octanol–water partition coefficient (Wildman–Crippen LogP) is 3.16. The molecule has 0 aliphatic heterocycles. The van der Waals surface area contributed by atoms with Crippen molar-refractivity contribution in [2.75, 3.05) is 5.32 Å². The number of rotatable bonds is 4. The van der Waals surface area contributed by atoms with Crippen molar-refractivity contribution in [1.82, 2.24) is 4.98 Å². The summed E-state index contributed by atoms with van der Waals surface area (Å²) in [5, 5.41) is 5.11. The van der Waals surface area contributed by atoms with Crippen LogP contribution in [0.15, 0.2) is 60.1 Å². The topological polar surface area (TPSA) is 85.1 Å². The van der Waals surface area contributed by atoms with Crippen LogP contribution in [0.5, 0.6) is 0 Å². The van der Waals surface area contributed by atoms with E-state index >= 15 is 0 Å². The first-order valence-corrected chi connectivity index (χ1v) is 7.72. The van der Waals surface area contributed by atoms with Crippen molar-refractivity contribution in [3.8, 4) is 11.1 Å². The van der Waals surface area contributed by atoms with E-state index in [9.17, 15) is 9.59 Å². The van der Waals surface area contributed by atoms with E-state index in [0.717, 1.165) is 11.1 Å². The number of benzene rings is 2. The van der Waals surface area contributed by atoms with E-state index in [4.69, 9.17) is 5.73 Å². The summed E-state index contributed by atoms with van der Waals surface area (Å²) in [7, 11) is 0. The second-order valence-corrected chi connectivity index (χ2v) is 5.71. The van der Waals surface area contributed by atoms with E-state index in [-0.39, 0.29) is 5.91 Å². The second-order valence-electron chi connectivity index (χ2n) is 4.81. The minimum Gasteiger partial charge on any atom is -0.366 e. The molecule has 3 rings (SSSR count). The van der Waals surface area contributed by atoms with Crippen molar-refractivity contribution < 1.29 is 9.59 Å². The minimum atomic E-state index is -0.465. The maximum atomic E-state index is 12.2. The molecule has 3 N–H and O–H groups in total. The van der Waals surface area contributed by atoms with Gasteiger partial charge in [-0.05, 0) is 35.4 Å². The number of amides is 2. The number of anilines is 1. The lowest BCUT2D eigenvalue weighted by Gasteiger charge is -2.06. The van der Waals surface area contributed by atoms with Gasteiger partial charge in [-0.3, -0.25) is 14.9 Å². The van der Waals surface area contributed by atoms with Crippen molar-refractivity contribution >= 4 is 28.3 Å². The molecule has 0 saturated carbocycles. The highest BCUT2D eigenvalue weighted by molar-refractivity contribution is 7.13. The fraction of sp³-hybridized carbons (Fsp3) is 0. The molecule has 0 unspecified atom stereocenters. The largest absolute Gasteiger partial charge is 0.366 e. The van der Waals surface area contributed by atoms with Crippen LogP contribution in [0.2, 0.25) is 0 Å². The van der Waals surface area contributed by atoms with E-state index in [0.29, 0.717) is 16.3 Å². The van der Waals surface area contributed by atoms with Crippen molar-refractivity contribution in [3.63, 3.8) is 0 Å². The van der Waals surface area contributed by atoms with E-state index in [1.807, 2.05) is 12.1 Å². The van der Waals surface area contributed by atoms with Gasteiger partial charge in [0.1, 0.15) is 0 Å². The third kappa shape index (κ3) is 3.44. The lowest BCUT2D eigenvalue weighted by Crippen LogP contribution is -2.11. The Bertz CT molecular complexity index is 843. The molecule has 0 aliphatic rings. The van der Waals surface area contributed by atoms with Gasteiger partial charge < -0.3 is 5.73 Å². The Morgan fingerprint density at radius 3 is 2.43 bits per heavy atom. The van der Waals surface area contributed by atoms with Crippen LogP contribution in [0.3, 0.4) is 0 Å². The summed E-state index contributed by atoms with van der Waals surface area (Å²) in [5.74, 6) is -0.677. The first-order valence-electron chi connectivity index (χ1n) is 6.84. The molecule has 0 bridgehead atoms. The second kappa shape index (κ2) is 6.41. The average molecular weight is 323 g/mol. The van der Waals surface area contributed by atoms with Gasteiger partial charge >= 0.3 is 0 Å². The Morgan fingerprint density at radius 1 is 1.00 bits per heavy atom. The molecule has 6 heteroatoms. The number of nitrogens with one attached hydrogen (secondary N) is 1. The molecule has 5 nitrogen and oxygen atoms in total. The molecule has 0 atom stereocenters. The van der Waals surface area contributed by atoms with Crippen LogP contribution in [-0.2, 0) is 0 Å². The summed E-state index contributed by atoms with van der Waals surface area (Å²) in [6, 6.07) is 14.2. The molecule has 2 aromatic carbocycles. The maximum Gasteiger partial charge on any atom is 0.257 e. The zero-order valence-electron chi connectivity index (χ0n) is 12.0. The van der Waals surface area contributed by atoms with Gasteiger partial charge in [0.2, 0.25) is 5.91 Å². The van der Waals surface area contributed by atoms with Gasteiger partial charge in [0.05, 0.1) is 0 Å². The van der Waals surface area contributed by atoms with Gasteiger partial charge in [-0.25, -0.2) is 4.98 Å². The third-order valence-electron chi connectivity index (χ3n) is 3.28. The highest BCUT2D eigenvalue weighted by atomic mass is 32.1. The lowest BCUT2D eigenvalue weighted by atomic mass is 10.0. The fourth-order valence-electron chi connectivity index (χ4n) is 2.12. The molecule has 1 aromatic heterocycles. The number of hydrogen-bond donors (Lipinski definition) is 2. The van der Waals surface area contributed by atoms with Gasteiger partial charge in [0, 0.05) is 22.7 Å². The van der Waals surface area contributed by atoms with Gasteiger partial charge in [-0.1, -0.05) is 24.3 Å². The molecular formula is C17H13N3O2S. The molecule has 23 heavy (non-hydrogen) atoms. The van der Waals surface area contributed by atoms with Gasteiger partial charge in [-0.15, -0.1) is 11.3 Å². The number of aromatic nitrogens is 1. The highest BCUT2D eigenvalue weighted by Crippen LogP contribution is 2.22. The number of nitrogens with zero attached hydrogens (tertiary/aromatic N) is 1. The summed E-state index contributed by atoms with van der Waals surface area (Å²) in [5.41, 5.74) is 8.01. The van der Waals surface area contributed by atoms with E-state index in [2.05, 4.69) is 10.3 Å². The Hall–Kier alpha value is -2.99. The van der Waals surface area contributed by atoms with Crippen LogP contribution < -0.4 is 11.1 Å². The Balaban J connectivity index is 1.84. The monoisotopic (exact) mass is 323 g/mol. The zero-order chi connectivity index (χ0) is 16.2. The number of hydrogen-bond acceptors (Lipinski definition) is 4. The summed E-state index contributed by atoms with van der Waals surface area (Å²) in [6.45, 7) is 0. The van der Waals surface area contributed by atoms with Crippen molar-refractivity contribution in [3.05, 3.63) is 71.2 Å². The molecule has 114 valence electrons. The van der Waals surface area contributed by atoms with Crippen LogP contribution in [-0.4, -0.2) is 16.8 Å². The molecule has 1 heterocycles. The van der Waals surface area contributed by atoms with Crippen molar-refractivity contribution in [2.45, 2.75) is 0 Å². The van der Waals surface area contributed by atoms with E-state index in [1.165, 1.54) is 11.3 Å². The summed E-state index contributed by atoms with van der Waals surface area (Å²) in [6.07, 6.45) is 1.64. The number of primary amides is 1. The number of thiazole rings is 1. The van der Waals surface area contributed by atoms with Crippen LogP contribution in [0.4, 0.5) is 5.13 Å². The van der Waals surface area contributed by atoms with Gasteiger partial charge in [0.25, 0.3) is 5.91 Å². The summed E-state index contributed by atoms with van der Waals surface area (Å²) >= 11 is 1.36. The normalized spacial score (nSPS) is 10.3. The number of carbonyl (C=O) groups is 2.